The lowest BCUT2D eigenvalue weighted by molar-refractivity contribution is 0.369. The minimum Gasteiger partial charge on any atom is -0.504 e. The molecule has 0 radical (unpaired) electrons. The summed E-state index contributed by atoms with van der Waals surface area (Å²) in [5.41, 5.74) is 3.18. The summed E-state index contributed by atoms with van der Waals surface area (Å²) in [6.45, 7) is 1.92. The van der Waals surface area contributed by atoms with Crippen molar-refractivity contribution in [3.63, 3.8) is 0 Å². The zero-order valence-corrected chi connectivity index (χ0v) is 14.6. The largest absolute Gasteiger partial charge is 0.504 e. The lowest BCUT2D eigenvalue weighted by Crippen LogP contribution is -1.99. The third kappa shape index (κ3) is 2.58. The van der Waals surface area contributed by atoms with Gasteiger partial charge in [-0.2, -0.15) is 5.10 Å². The summed E-state index contributed by atoms with van der Waals surface area (Å²) in [6, 6.07) is 12.4. The quantitative estimate of drug-likeness (QED) is 0.476. The van der Waals surface area contributed by atoms with Crippen molar-refractivity contribution in [3.8, 4) is 45.5 Å². The minimum absolute atomic E-state index is 0.349. The summed E-state index contributed by atoms with van der Waals surface area (Å²) in [5.74, 6) is -1.36. The molecule has 0 saturated carbocycles. The molecule has 2 aromatic carbocycles. The normalized spacial score (nSPS) is 11.0. The van der Waals surface area contributed by atoms with Crippen molar-refractivity contribution in [2.24, 2.45) is 0 Å². The monoisotopic (exact) mass is 365 g/mol. The summed E-state index contributed by atoms with van der Waals surface area (Å²) in [4.78, 5) is 4.52. The average Bonchev–Trinajstić information content (AvgIpc) is 3.27. The summed E-state index contributed by atoms with van der Waals surface area (Å²) >= 11 is 1.52. The molecule has 0 bridgehead atoms. The number of rotatable bonds is 3. The molecule has 0 amide bonds. The Morgan fingerprint density at radius 3 is 2.38 bits per heavy atom. The number of aryl methyl sites for hydroxylation is 1. The van der Waals surface area contributed by atoms with Gasteiger partial charge in [-0.25, -0.2) is 9.67 Å². The van der Waals surface area contributed by atoms with E-state index in [1.165, 1.54) is 17.4 Å². The molecular weight excluding hydrogens is 350 g/mol. The molecule has 0 aliphatic rings. The number of hydrogen-bond donors (Lipinski definition) is 3. The predicted molar refractivity (Wildman–Crippen MR) is 99.8 cm³/mol. The first kappa shape index (κ1) is 16.2. The number of aromatic hydroxyl groups is 3. The molecule has 6 nitrogen and oxygen atoms in total. The third-order valence-electron chi connectivity index (χ3n) is 4.05. The van der Waals surface area contributed by atoms with Gasteiger partial charge in [-0.05, 0) is 31.2 Å². The van der Waals surface area contributed by atoms with Crippen LogP contribution in [-0.4, -0.2) is 30.1 Å². The highest BCUT2D eigenvalue weighted by Crippen LogP contribution is 2.45. The van der Waals surface area contributed by atoms with Crippen LogP contribution in [-0.2, 0) is 0 Å². The molecule has 2 aromatic heterocycles. The summed E-state index contributed by atoms with van der Waals surface area (Å²) in [7, 11) is 0. The lowest BCUT2D eigenvalue weighted by atomic mass is 10.0. The molecule has 0 atom stereocenters. The highest BCUT2D eigenvalue weighted by molar-refractivity contribution is 7.09. The average molecular weight is 365 g/mol. The number of nitrogens with zero attached hydrogens (tertiary/aromatic N) is 3. The topological polar surface area (TPSA) is 91.4 Å². The molecule has 4 rings (SSSR count). The van der Waals surface area contributed by atoms with Gasteiger partial charge >= 0.3 is 0 Å². The maximum atomic E-state index is 10.4. The number of para-hydroxylation sites is 1. The standard InChI is InChI=1S/C19H15N3O3S/c1-11-21-15(10-26-11)14-9-20-22(12-5-3-2-4-6-12)17(14)13-7-8-16(23)19(25)18(13)24/h2-10,23-25H,1H3. The zero-order valence-electron chi connectivity index (χ0n) is 13.8. The van der Waals surface area contributed by atoms with E-state index in [9.17, 15) is 15.3 Å². The maximum absolute atomic E-state index is 10.4. The molecule has 7 heteroatoms. The van der Waals surface area contributed by atoms with Crippen molar-refractivity contribution in [1.82, 2.24) is 14.8 Å². The van der Waals surface area contributed by atoms with E-state index >= 15 is 0 Å². The second kappa shape index (κ2) is 6.20. The molecule has 0 unspecified atom stereocenters. The lowest BCUT2D eigenvalue weighted by Gasteiger charge is -2.12. The fraction of sp³-hybridized carbons (Fsp3) is 0.0526. The fourth-order valence-corrected chi connectivity index (χ4v) is 3.42. The van der Waals surface area contributed by atoms with E-state index in [-0.39, 0.29) is 5.75 Å². The minimum atomic E-state index is -0.566. The Balaban J connectivity index is 2.02. The van der Waals surface area contributed by atoms with Crippen LogP contribution in [0.15, 0.2) is 54.0 Å². The second-order valence-corrected chi connectivity index (χ2v) is 6.80. The van der Waals surface area contributed by atoms with E-state index in [0.29, 0.717) is 11.3 Å². The summed E-state index contributed by atoms with van der Waals surface area (Å²) in [5, 5.41) is 37.4. The van der Waals surface area contributed by atoms with Crippen molar-refractivity contribution >= 4 is 11.3 Å². The Labute approximate surface area is 153 Å². The van der Waals surface area contributed by atoms with Crippen molar-refractivity contribution in [1.29, 1.82) is 0 Å². The number of benzene rings is 2. The van der Waals surface area contributed by atoms with Crippen LogP contribution < -0.4 is 0 Å². The van der Waals surface area contributed by atoms with Crippen molar-refractivity contribution < 1.29 is 15.3 Å². The van der Waals surface area contributed by atoms with Crippen LogP contribution in [0.1, 0.15) is 5.01 Å². The highest BCUT2D eigenvalue weighted by Gasteiger charge is 2.22. The first-order chi connectivity index (χ1) is 12.6. The summed E-state index contributed by atoms with van der Waals surface area (Å²) < 4.78 is 1.68. The molecule has 0 spiro atoms. The molecule has 26 heavy (non-hydrogen) atoms. The second-order valence-electron chi connectivity index (χ2n) is 5.74. The number of aromatic nitrogens is 3. The number of phenols is 3. The summed E-state index contributed by atoms with van der Waals surface area (Å²) in [6.07, 6.45) is 1.68. The van der Waals surface area contributed by atoms with Gasteiger partial charge in [0.15, 0.2) is 11.5 Å². The van der Waals surface area contributed by atoms with E-state index in [1.54, 1.807) is 16.9 Å². The molecule has 0 aliphatic heterocycles. The van der Waals surface area contributed by atoms with E-state index in [0.717, 1.165) is 22.0 Å². The van der Waals surface area contributed by atoms with Gasteiger partial charge in [0.05, 0.1) is 28.3 Å². The van der Waals surface area contributed by atoms with Crippen molar-refractivity contribution in [2.75, 3.05) is 0 Å². The van der Waals surface area contributed by atoms with Gasteiger partial charge in [0.1, 0.15) is 0 Å². The van der Waals surface area contributed by atoms with E-state index in [1.807, 2.05) is 42.6 Å². The van der Waals surface area contributed by atoms with Gasteiger partial charge in [0.25, 0.3) is 0 Å². The maximum Gasteiger partial charge on any atom is 0.200 e. The smallest absolute Gasteiger partial charge is 0.200 e. The van der Waals surface area contributed by atoms with Gasteiger partial charge < -0.3 is 15.3 Å². The van der Waals surface area contributed by atoms with Crippen LogP contribution >= 0.6 is 11.3 Å². The van der Waals surface area contributed by atoms with Crippen LogP contribution in [0.4, 0.5) is 0 Å². The Kier molecular flexibility index (Phi) is 3.85. The van der Waals surface area contributed by atoms with Gasteiger partial charge in [0.2, 0.25) is 5.75 Å². The Morgan fingerprint density at radius 1 is 0.923 bits per heavy atom. The van der Waals surface area contributed by atoms with Gasteiger partial charge in [-0.15, -0.1) is 11.3 Å². The number of phenolic OH excluding ortho intramolecular Hbond substituents is 3. The molecule has 0 fully saturated rings. The van der Waals surface area contributed by atoms with Crippen LogP contribution in [0.3, 0.4) is 0 Å². The Bertz CT molecular complexity index is 1090. The molecule has 2 heterocycles. The fourth-order valence-electron chi connectivity index (χ4n) is 2.81. The van der Waals surface area contributed by atoms with Crippen molar-refractivity contribution in [3.05, 3.63) is 59.0 Å². The van der Waals surface area contributed by atoms with Crippen LogP contribution in [0.2, 0.25) is 0 Å². The predicted octanol–water partition coefficient (Wildman–Crippen LogP) is 4.09. The molecular formula is C19H15N3O3S. The molecule has 130 valence electrons. The zero-order chi connectivity index (χ0) is 18.3. The van der Waals surface area contributed by atoms with Crippen molar-refractivity contribution in [2.45, 2.75) is 6.92 Å². The molecule has 3 N–H and O–H groups in total. The van der Waals surface area contributed by atoms with Crippen LogP contribution in [0.5, 0.6) is 17.2 Å². The van der Waals surface area contributed by atoms with Gasteiger partial charge in [0, 0.05) is 16.5 Å². The van der Waals surface area contributed by atoms with E-state index in [4.69, 9.17) is 0 Å². The van der Waals surface area contributed by atoms with Crippen LogP contribution in [0.25, 0.3) is 28.2 Å². The number of hydrogen-bond acceptors (Lipinski definition) is 6. The van der Waals surface area contributed by atoms with Gasteiger partial charge in [-0.3, -0.25) is 0 Å². The Morgan fingerprint density at radius 2 is 1.69 bits per heavy atom. The SMILES string of the molecule is Cc1nc(-c2cnn(-c3ccccc3)c2-c2ccc(O)c(O)c2O)cs1. The van der Waals surface area contributed by atoms with Gasteiger partial charge in [-0.1, -0.05) is 18.2 Å². The Hall–Kier alpha value is -3.32. The molecule has 4 aromatic rings. The molecule has 0 aliphatic carbocycles. The highest BCUT2D eigenvalue weighted by atomic mass is 32.1. The van der Waals surface area contributed by atoms with E-state index < -0.39 is 11.5 Å². The molecule has 0 saturated heterocycles. The first-order valence-electron chi connectivity index (χ1n) is 7.86. The number of thiazole rings is 1. The van der Waals surface area contributed by atoms with Crippen LogP contribution in [0, 0.1) is 6.92 Å². The third-order valence-corrected chi connectivity index (χ3v) is 4.82. The first-order valence-corrected chi connectivity index (χ1v) is 8.74. The van der Waals surface area contributed by atoms with E-state index in [2.05, 4.69) is 10.1 Å².